The van der Waals surface area contributed by atoms with E-state index in [9.17, 15) is 0 Å². The van der Waals surface area contributed by atoms with Crippen LogP contribution in [0.1, 0.15) is 11.1 Å². The summed E-state index contributed by atoms with van der Waals surface area (Å²) in [7, 11) is 2.08. The molecule has 2 aliphatic heterocycles. The van der Waals surface area contributed by atoms with Gasteiger partial charge in [-0.15, -0.1) is 0 Å². The van der Waals surface area contributed by atoms with E-state index in [0.29, 0.717) is 0 Å². The molecule has 0 N–H and O–H groups in total. The average molecular weight is 258 g/mol. The van der Waals surface area contributed by atoms with Gasteiger partial charge in [-0.3, -0.25) is 4.99 Å². The SMILES string of the molecule is CN1C=CC(=C2C=Nc3ccccc32)c2ccccc21. The molecule has 2 nitrogen and oxygen atoms in total. The Morgan fingerprint density at radius 2 is 1.60 bits per heavy atom. The molecular weight excluding hydrogens is 244 g/mol. The molecule has 2 aliphatic rings. The van der Waals surface area contributed by atoms with Crippen molar-refractivity contribution in [1.82, 2.24) is 0 Å². The normalized spacial score (nSPS) is 19.1. The van der Waals surface area contributed by atoms with Crippen molar-refractivity contribution in [3.8, 4) is 0 Å². The quantitative estimate of drug-likeness (QED) is 0.688. The van der Waals surface area contributed by atoms with Gasteiger partial charge in [-0.1, -0.05) is 36.4 Å². The Hall–Kier alpha value is -2.61. The Kier molecular flexibility index (Phi) is 2.36. The fraction of sp³-hybridized carbons (Fsp3) is 0.0556. The van der Waals surface area contributed by atoms with Gasteiger partial charge in [0.15, 0.2) is 0 Å². The van der Waals surface area contributed by atoms with Crippen molar-refractivity contribution >= 4 is 28.7 Å². The van der Waals surface area contributed by atoms with Gasteiger partial charge >= 0.3 is 0 Å². The Morgan fingerprint density at radius 1 is 0.850 bits per heavy atom. The van der Waals surface area contributed by atoms with Crippen molar-refractivity contribution in [2.24, 2.45) is 4.99 Å². The topological polar surface area (TPSA) is 15.6 Å². The first-order valence-corrected chi connectivity index (χ1v) is 6.73. The fourth-order valence-corrected chi connectivity index (χ4v) is 2.83. The molecule has 0 bridgehead atoms. The Bertz CT molecular complexity index is 782. The zero-order chi connectivity index (χ0) is 13.5. The van der Waals surface area contributed by atoms with Crippen molar-refractivity contribution in [2.45, 2.75) is 0 Å². The number of rotatable bonds is 0. The Labute approximate surface area is 118 Å². The van der Waals surface area contributed by atoms with Crippen molar-refractivity contribution in [1.29, 1.82) is 0 Å². The summed E-state index contributed by atoms with van der Waals surface area (Å²) in [5, 5.41) is 0. The van der Waals surface area contributed by atoms with Gasteiger partial charge in [0.05, 0.1) is 5.69 Å². The van der Waals surface area contributed by atoms with E-state index in [2.05, 4.69) is 71.7 Å². The monoisotopic (exact) mass is 258 g/mol. The smallest absolute Gasteiger partial charge is 0.0709 e. The molecule has 0 saturated carbocycles. The summed E-state index contributed by atoms with van der Waals surface area (Å²) in [6.07, 6.45) is 6.26. The zero-order valence-corrected chi connectivity index (χ0v) is 11.2. The van der Waals surface area contributed by atoms with Crippen LogP contribution < -0.4 is 4.90 Å². The lowest BCUT2D eigenvalue weighted by Crippen LogP contribution is -2.13. The second-order valence-electron chi connectivity index (χ2n) is 5.05. The summed E-state index contributed by atoms with van der Waals surface area (Å²) in [5.74, 6) is 0. The van der Waals surface area contributed by atoms with Crippen molar-refractivity contribution in [2.75, 3.05) is 11.9 Å². The van der Waals surface area contributed by atoms with Gasteiger partial charge in [0.25, 0.3) is 0 Å². The predicted octanol–water partition coefficient (Wildman–Crippen LogP) is 4.28. The van der Waals surface area contributed by atoms with Crippen LogP contribution in [0.15, 0.2) is 65.8 Å². The highest BCUT2D eigenvalue weighted by atomic mass is 15.1. The third-order valence-electron chi connectivity index (χ3n) is 3.86. The van der Waals surface area contributed by atoms with Crippen LogP contribution in [0.4, 0.5) is 11.4 Å². The molecule has 2 aromatic carbocycles. The second kappa shape index (κ2) is 4.20. The molecule has 2 heterocycles. The standard InChI is InChI=1S/C18H14N2/c1-20-11-10-13(15-7-3-5-9-18(15)20)16-12-19-17-8-4-2-6-14(16)17/h2-12H,1H3. The van der Waals surface area contributed by atoms with Crippen LogP contribution in [-0.4, -0.2) is 13.3 Å². The van der Waals surface area contributed by atoms with Gasteiger partial charge in [0, 0.05) is 41.8 Å². The summed E-state index contributed by atoms with van der Waals surface area (Å²) >= 11 is 0. The number of para-hydroxylation sites is 2. The number of nitrogens with zero attached hydrogens (tertiary/aromatic N) is 2. The number of benzene rings is 2. The maximum atomic E-state index is 4.52. The third kappa shape index (κ3) is 1.55. The van der Waals surface area contributed by atoms with E-state index in [1.807, 2.05) is 12.3 Å². The molecule has 0 amide bonds. The van der Waals surface area contributed by atoms with Crippen LogP contribution in [0, 0.1) is 0 Å². The molecule has 0 saturated heterocycles. The lowest BCUT2D eigenvalue weighted by molar-refractivity contribution is 1.18. The van der Waals surface area contributed by atoms with E-state index >= 15 is 0 Å². The number of fused-ring (bicyclic) bond motifs is 2. The van der Waals surface area contributed by atoms with Crippen molar-refractivity contribution < 1.29 is 0 Å². The maximum Gasteiger partial charge on any atom is 0.0709 e. The first-order valence-electron chi connectivity index (χ1n) is 6.73. The predicted molar refractivity (Wildman–Crippen MR) is 85.4 cm³/mol. The van der Waals surface area contributed by atoms with Crippen LogP contribution in [0.3, 0.4) is 0 Å². The first-order chi connectivity index (χ1) is 9.84. The number of anilines is 1. The fourth-order valence-electron chi connectivity index (χ4n) is 2.83. The van der Waals surface area contributed by atoms with E-state index in [1.165, 1.54) is 28.0 Å². The molecule has 0 aromatic heterocycles. The molecule has 0 atom stereocenters. The van der Waals surface area contributed by atoms with Gasteiger partial charge in [-0.25, -0.2) is 0 Å². The van der Waals surface area contributed by atoms with Gasteiger partial charge in [0.2, 0.25) is 0 Å². The molecule has 2 heteroatoms. The summed E-state index contributed by atoms with van der Waals surface area (Å²) in [6.45, 7) is 0. The lowest BCUT2D eigenvalue weighted by atomic mass is 9.92. The summed E-state index contributed by atoms with van der Waals surface area (Å²) in [5.41, 5.74) is 7.21. The average Bonchev–Trinajstić information content (AvgIpc) is 2.92. The van der Waals surface area contributed by atoms with Crippen molar-refractivity contribution in [3.05, 3.63) is 71.9 Å². The highest BCUT2D eigenvalue weighted by Crippen LogP contribution is 2.40. The molecule has 4 rings (SSSR count). The largest absolute Gasteiger partial charge is 0.351 e. The van der Waals surface area contributed by atoms with Crippen molar-refractivity contribution in [3.63, 3.8) is 0 Å². The lowest BCUT2D eigenvalue weighted by Gasteiger charge is -2.24. The molecule has 0 fully saturated rings. The van der Waals surface area contributed by atoms with Crippen LogP contribution >= 0.6 is 0 Å². The minimum atomic E-state index is 1.06. The number of allylic oxidation sites excluding steroid dienone is 3. The van der Waals surface area contributed by atoms with Gasteiger partial charge in [-0.05, 0) is 23.8 Å². The van der Waals surface area contributed by atoms with Crippen LogP contribution in [0.25, 0.3) is 11.1 Å². The van der Waals surface area contributed by atoms with E-state index in [-0.39, 0.29) is 0 Å². The minimum Gasteiger partial charge on any atom is -0.351 e. The zero-order valence-electron chi connectivity index (χ0n) is 11.2. The van der Waals surface area contributed by atoms with E-state index < -0.39 is 0 Å². The summed E-state index contributed by atoms with van der Waals surface area (Å²) in [4.78, 5) is 6.67. The molecule has 2 aromatic rings. The molecule has 20 heavy (non-hydrogen) atoms. The van der Waals surface area contributed by atoms with Gasteiger partial charge in [-0.2, -0.15) is 0 Å². The Balaban J connectivity index is 1.99. The van der Waals surface area contributed by atoms with E-state index in [0.717, 1.165) is 5.69 Å². The first kappa shape index (κ1) is 11.2. The van der Waals surface area contributed by atoms with E-state index in [1.54, 1.807) is 0 Å². The van der Waals surface area contributed by atoms with Crippen LogP contribution in [0.5, 0.6) is 0 Å². The van der Waals surface area contributed by atoms with E-state index in [4.69, 9.17) is 0 Å². The molecular formula is C18H14N2. The Morgan fingerprint density at radius 3 is 2.50 bits per heavy atom. The van der Waals surface area contributed by atoms with Gasteiger partial charge < -0.3 is 4.90 Å². The number of hydrogen-bond donors (Lipinski definition) is 0. The summed E-state index contributed by atoms with van der Waals surface area (Å²) < 4.78 is 0. The molecule has 0 spiro atoms. The second-order valence-corrected chi connectivity index (χ2v) is 5.05. The summed E-state index contributed by atoms with van der Waals surface area (Å²) in [6, 6.07) is 16.8. The number of hydrogen-bond acceptors (Lipinski definition) is 2. The third-order valence-corrected chi connectivity index (χ3v) is 3.86. The van der Waals surface area contributed by atoms with Crippen LogP contribution in [0.2, 0.25) is 0 Å². The molecule has 0 unspecified atom stereocenters. The van der Waals surface area contributed by atoms with Gasteiger partial charge in [0.1, 0.15) is 0 Å². The highest BCUT2D eigenvalue weighted by Gasteiger charge is 2.20. The number of aliphatic imine (C=N–C) groups is 1. The molecule has 96 valence electrons. The molecule has 0 radical (unpaired) electrons. The highest BCUT2D eigenvalue weighted by molar-refractivity contribution is 6.26. The van der Waals surface area contributed by atoms with Crippen LogP contribution in [-0.2, 0) is 0 Å². The maximum absolute atomic E-state index is 4.52. The minimum absolute atomic E-state index is 1.06. The molecule has 0 aliphatic carbocycles.